The van der Waals surface area contributed by atoms with Gasteiger partial charge in [-0.2, -0.15) is 0 Å². The molecule has 0 aliphatic heterocycles. The predicted molar refractivity (Wildman–Crippen MR) is 110 cm³/mol. The van der Waals surface area contributed by atoms with Crippen molar-refractivity contribution >= 4 is 29.3 Å². The molecule has 0 bridgehead atoms. The third-order valence-electron chi connectivity index (χ3n) is 4.73. The Morgan fingerprint density at radius 3 is 2.37 bits per heavy atom. The predicted octanol–water partition coefficient (Wildman–Crippen LogP) is 2.33. The molecular weight excluding hydrogens is 447 g/mol. The number of carbonyl (C=O) groups is 1. The van der Waals surface area contributed by atoms with E-state index in [9.17, 15) is 9.59 Å². The molecule has 1 heterocycles. The first-order chi connectivity index (χ1) is 12.9. The number of aromatic nitrogens is 2. The molecule has 27 heavy (non-hydrogen) atoms. The summed E-state index contributed by atoms with van der Waals surface area (Å²) < 4.78 is 4.92. The normalized spacial score (nSPS) is 11.1. The van der Waals surface area contributed by atoms with Crippen molar-refractivity contribution in [3.63, 3.8) is 0 Å². The van der Waals surface area contributed by atoms with Crippen molar-refractivity contribution < 1.29 is 9.90 Å². The number of hydrogen-bond acceptors (Lipinski definition) is 2. The maximum absolute atomic E-state index is 12.6. The summed E-state index contributed by atoms with van der Waals surface area (Å²) in [4.78, 5) is 28.3. The average molecular weight is 471 g/mol. The van der Waals surface area contributed by atoms with E-state index in [1.54, 1.807) is 33.4 Å². The van der Waals surface area contributed by atoms with Gasteiger partial charge < -0.3 is 5.11 Å². The van der Waals surface area contributed by atoms with E-state index in [-0.39, 0.29) is 11.3 Å². The molecule has 6 heteroatoms. The summed E-state index contributed by atoms with van der Waals surface area (Å²) in [6.07, 6.45) is 4.34. The molecule has 2 aromatic carbocycles. The van der Waals surface area contributed by atoms with Crippen molar-refractivity contribution in [2.24, 2.45) is 0 Å². The number of nitrogens with zero attached hydrogens (tertiary/aromatic N) is 2. The summed E-state index contributed by atoms with van der Waals surface area (Å²) in [5.41, 5.74) is 2.43. The van der Waals surface area contributed by atoms with Gasteiger partial charge in [-0.05, 0) is 0 Å². The summed E-state index contributed by atoms with van der Waals surface area (Å²) >= 11 is -1.53. The van der Waals surface area contributed by atoms with Gasteiger partial charge in [0.15, 0.2) is 0 Å². The van der Waals surface area contributed by atoms with E-state index in [1.807, 2.05) is 12.4 Å². The van der Waals surface area contributed by atoms with Crippen LogP contribution in [-0.2, 0) is 19.5 Å². The van der Waals surface area contributed by atoms with Crippen LogP contribution in [0.15, 0.2) is 65.7 Å². The summed E-state index contributed by atoms with van der Waals surface area (Å²) in [7, 11) is 0. The molecule has 0 amide bonds. The van der Waals surface area contributed by atoms with Crippen LogP contribution in [0.4, 0.5) is 0 Å². The summed E-state index contributed by atoms with van der Waals surface area (Å²) in [6, 6.07) is 15.4. The maximum atomic E-state index is 12.6. The third kappa shape index (κ3) is 4.91. The van der Waals surface area contributed by atoms with Crippen LogP contribution in [0.2, 0.25) is 9.88 Å². The Hall–Kier alpha value is -2.28. The number of hydrogen-bond donors (Lipinski definition) is 1. The molecule has 3 rings (SSSR count). The van der Waals surface area contributed by atoms with Crippen LogP contribution in [0.1, 0.15) is 21.5 Å². The number of aryl methyl sites for hydroxylation is 2. The van der Waals surface area contributed by atoms with Gasteiger partial charge in [-0.1, -0.05) is 0 Å². The first-order valence-electron chi connectivity index (χ1n) is 9.10. The van der Waals surface area contributed by atoms with Crippen LogP contribution >= 0.6 is 0 Å². The van der Waals surface area contributed by atoms with E-state index in [1.165, 1.54) is 9.14 Å². The summed E-state index contributed by atoms with van der Waals surface area (Å²) in [5, 5.41) is 8.95. The number of rotatable bonds is 7. The number of carboxylic acid groups (broad SMARTS) is 1. The first kappa shape index (κ1) is 19.5. The molecule has 0 unspecified atom stereocenters. The Bertz CT molecular complexity index is 987. The summed E-state index contributed by atoms with van der Waals surface area (Å²) in [5.74, 6) is -0.930. The van der Waals surface area contributed by atoms with Crippen molar-refractivity contribution in [3.8, 4) is 0 Å². The molecule has 1 aromatic heterocycles. The zero-order chi connectivity index (χ0) is 19.4. The standard InChI is InChI=1S/C19H17N2O3.2CH3.Sn.H/c22-18(23)17-8-6-15(7-9-17)10-11-20-12-13-21(19(20)24)14-16-4-2-1-3-5-16;;;;/h1-2,4-9,12-13H,10-11,14H2,(H,22,23);2*1H3;;. The second kappa shape index (κ2) is 8.60. The minimum absolute atomic E-state index is 0.0179. The van der Waals surface area contributed by atoms with Crippen molar-refractivity contribution in [1.29, 1.82) is 0 Å². The molecule has 1 N–H and O–H groups in total. The molecular formula is C21H24N2O3Sn. The molecule has 0 spiro atoms. The van der Waals surface area contributed by atoms with E-state index >= 15 is 0 Å². The molecule has 0 radical (unpaired) electrons. The molecule has 5 nitrogen and oxygen atoms in total. The zero-order valence-electron chi connectivity index (χ0n) is 15.6. The fourth-order valence-corrected chi connectivity index (χ4v) is 6.03. The van der Waals surface area contributed by atoms with Gasteiger partial charge in [-0.25, -0.2) is 4.79 Å². The second-order valence-corrected chi connectivity index (χ2v) is 15.5. The van der Waals surface area contributed by atoms with E-state index < -0.39 is 25.7 Å². The molecule has 140 valence electrons. The Labute approximate surface area is 165 Å². The van der Waals surface area contributed by atoms with Crippen molar-refractivity contribution in [2.75, 3.05) is 0 Å². The van der Waals surface area contributed by atoms with Gasteiger partial charge in [0.25, 0.3) is 0 Å². The Balaban J connectivity index is 1.67. The van der Waals surface area contributed by atoms with Crippen LogP contribution in [-0.4, -0.2) is 40.0 Å². The van der Waals surface area contributed by atoms with E-state index in [0.29, 0.717) is 19.5 Å². The Morgan fingerprint density at radius 1 is 1.00 bits per heavy atom. The van der Waals surface area contributed by atoms with Crippen LogP contribution in [0, 0.1) is 0 Å². The van der Waals surface area contributed by atoms with Crippen molar-refractivity contribution in [2.45, 2.75) is 29.4 Å². The van der Waals surface area contributed by atoms with Crippen LogP contribution in [0.3, 0.4) is 0 Å². The third-order valence-corrected chi connectivity index (χ3v) is 9.56. The van der Waals surface area contributed by atoms with Crippen LogP contribution in [0.5, 0.6) is 0 Å². The van der Waals surface area contributed by atoms with Crippen LogP contribution in [0.25, 0.3) is 0 Å². The molecule has 0 fully saturated rings. The fourth-order valence-electron chi connectivity index (χ4n) is 3.05. The van der Waals surface area contributed by atoms with Gasteiger partial charge in [0, 0.05) is 0 Å². The van der Waals surface area contributed by atoms with E-state index in [2.05, 4.69) is 34.1 Å². The molecule has 0 atom stereocenters. The fraction of sp³-hybridized carbons (Fsp3) is 0.238. The molecule has 0 saturated carbocycles. The quantitative estimate of drug-likeness (QED) is 0.539. The van der Waals surface area contributed by atoms with Gasteiger partial charge in [0.1, 0.15) is 0 Å². The number of benzene rings is 2. The molecule has 0 saturated heterocycles. The van der Waals surface area contributed by atoms with Gasteiger partial charge in [0.2, 0.25) is 0 Å². The zero-order valence-corrected chi connectivity index (χ0v) is 18.9. The number of carboxylic acids is 1. The average Bonchev–Trinajstić information content (AvgIpc) is 3.00. The Kier molecular flexibility index (Phi) is 6.21. The molecule has 0 aliphatic carbocycles. The van der Waals surface area contributed by atoms with Crippen LogP contribution < -0.4 is 9.27 Å². The second-order valence-electron chi connectivity index (χ2n) is 7.05. The van der Waals surface area contributed by atoms with Gasteiger partial charge in [0.05, 0.1) is 5.56 Å². The van der Waals surface area contributed by atoms with Gasteiger partial charge in [-0.3, -0.25) is 0 Å². The van der Waals surface area contributed by atoms with Crippen molar-refractivity contribution in [3.05, 3.63) is 88.1 Å². The minimum atomic E-state index is -1.53. The molecule has 0 aliphatic rings. The van der Waals surface area contributed by atoms with E-state index in [0.717, 1.165) is 5.56 Å². The SMILES string of the molecule is [CH3][SnH]([CH3])[c]1cccc(Cn2ccn(CCc3ccc(C(=O)O)cc3)c2=O)c1. The van der Waals surface area contributed by atoms with Gasteiger partial charge >= 0.3 is 150 Å². The van der Waals surface area contributed by atoms with Crippen molar-refractivity contribution in [1.82, 2.24) is 9.13 Å². The Morgan fingerprint density at radius 2 is 1.70 bits per heavy atom. The monoisotopic (exact) mass is 472 g/mol. The van der Waals surface area contributed by atoms with E-state index in [4.69, 9.17) is 5.11 Å². The topological polar surface area (TPSA) is 64.2 Å². The summed E-state index contributed by atoms with van der Waals surface area (Å²) in [6.45, 7) is 1.16. The van der Waals surface area contributed by atoms with Gasteiger partial charge in [-0.15, -0.1) is 0 Å². The number of imidazole rings is 1. The molecule has 3 aromatic rings. The number of aromatic carboxylic acids is 1. The first-order valence-corrected chi connectivity index (χ1v) is 17.3.